The van der Waals surface area contributed by atoms with E-state index in [2.05, 4.69) is 9.80 Å². The van der Waals surface area contributed by atoms with Crippen molar-refractivity contribution < 1.29 is 9.90 Å². The summed E-state index contributed by atoms with van der Waals surface area (Å²) in [5, 5.41) is 8.99. The van der Waals surface area contributed by atoms with Crippen LogP contribution in [0.3, 0.4) is 0 Å². The Balaban J connectivity index is 1.93. The van der Waals surface area contributed by atoms with Gasteiger partial charge in [-0.1, -0.05) is 12.1 Å². The van der Waals surface area contributed by atoms with Crippen molar-refractivity contribution in [3.8, 4) is 0 Å². The highest BCUT2D eigenvalue weighted by Gasteiger charge is 2.14. The van der Waals surface area contributed by atoms with Gasteiger partial charge >= 0.3 is 0 Å². The predicted molar refractivity (Wildman–Crippen MR) is 78.4 cm³/mol. The average Bonchev–Trinajstić information content (AvgIpc) is 2.65. The van der Waals surface area contributed by atoms with Crippen molar-refractivity contribution in [1.82, 2.24) is 9.80 Å². The van der Waals surface area contributed by atoms with Gasteiger partial charge in [-0.3, -0.25) is 14.6 Å². The molecule has 0 atom stereocenters. The highest BCUT2D eigenvalue weighted by Crippen LogP contribution is 2.11. The summed E-state index contributed by atoms with van der Waals surface area (Å²) in [7, 11) is 0. The summed E-state index contributed by atoms with van der Waals surface area (Å²) in [6.07, 6.45) is 1.11. The zero-order valence-electron chi connectivity index (χ0n) is 11.8. The molecule has 0 radical (unpaired) electrons. The number of nitrogens with two attached hydrogens (primary N) is 1. The molecule has 5 heteroatoms. The van der Waals surface area contributed by atoms with Gasteiger partial charge < -0.3 is 10.8 Å². The number of nitrogens with zero attached hydrogens (tertiary/aromatic N) is 2. The number of carbonyl (C=O) groups is 1. The number of aliphatic hydroxyl groups is 1. The van der Waals surface area contributed by atoms with E-state index in [1.165, 1.54) is 0 Å². The average molecular weight is 277 g/mol. The van der Waals surface area contributed by atoms with Gasteiger partial charge in [0.05, 0.1) is 6.61 Å². The zero-order chi connectivity index (χ0) is 14.4. The first-order valence-corrected chi connectivity index (χ1v) is 7.13. The summed E-state index contributed by atoms with van der Waals surface area (Å²) >= 11 is 0. The Morgan fingerprint density at radius 2 is 1.95 bits per heavy atom. The van der Waals surface area contributed by atoms with Crippen molar-refractivity contribution in [3.05, 3.63) is 35.4 Å². The maximum atomic E-state index is 11.2. The molecule has 2 rings (SSSR count). The molecule has 1 amide bonds. The summed E-state index contributed by atoms with van der Waals surface area (Å²) in [5.74, 6) is -0.378. The minimum Gasteiger partial charge on any atom is -0.395 e. The van der Waals surface area contributed by atoms with Crippen LogP contribution in [0.1, 0.15) is 22.3 Å². The smallest absolute Gasteiger partial charge is 0.248 e. The normalized spacial score (nSPS) is 17.9. The maximum absolute atomic E-state index is 11.2. The Labute approximate surface area is 120 Å². The molecule has 0 bridgehead atoms. The molecule has 3 N–H and O–H groups in total. The van der Waals surface area contributed by atoms with Gasteiger partial charge in [0.25, 0.3) is 0 Å². The van der Waals surface area contributed by atoms with E-state index < -0.39 is 0 Å². The van der Waals surface area contributed by atoms with Crippen LogP contribution in [0.15, 0.2) is 24.3 Å². The number of aliphatic hydroxyl groups excluding tert-OH is 1. The van der Waals surface area contributed by atoms with Crippen molar-refractivity contribution >= 4 is 5.91 Å². The molecular weight excluding hydrogens is 254 g/mol. The zero-order valence-corrected chi connectivity index (χ0v) is 11.8. The lowest BCUT2D eigenvalue weighted by atomic mass is 10.1. The third kappa shape index (κ3) is 4.30. The van der Waals surface area contributed by atoms with Crippen LogP contribution in [-0.4, -0.2) is 60.1 Å². The standard InChI is InChI=1S/C15H23N3O2/c16-15(20)14-4-1-3-13(11-14)12-18-6-2-5-17(7-8-18)9-10-19/h1,3-4,11,19H,2,5-10,12H2,(H2,16,20). The number of hydrogen-bond acceptors (Lipinski definition) is 4. The molecule has 0 aliphatic carbocycles. The minimum atomic E-state index is -0.378. The third-order valence-corrected chi connectivity index (χ3v) is 3.72. The van der Waals surface area contributed by atoms with Crippen molar-refractivity contribution in [2.45, 2.75) is 13.0 Å². The largest absolute Gasteiger partial charge is 0.395 e. The molecule has 0 aromatic heterocycles. The molecule has 0 spiro atoms. The second-order valence-corrected chi connectivity index (χ2v) is 5.26. The van der Waals surface area contributed by atoms with Gasteiger partial charge in [-0.05, 0) is 37.2 Å². The SMILES string of the molecule is NC(=O)c1cccc(CN2CCCN(CCO)CC2)c1. The first-order chi connectivity index (χ1) is 9.69. The van der Waals surface area contributed by atoms with Crippen molar-refractivity contribution in [1.29, 1.82) is 0 Å². The van der Waals surface area contributed by atoms with Crippen LogP contribution in [0, 0.1) is 0 Å². The first-order valence-electron chi connectivity index (χ1n) is 7.13. The van der Waals surface area contributed by atoms with E-state index in [1.807, 2.05) is 18.2 Å². The highest BCUT2D eigenvalue weighted by molar-refractivity contribution is 5.92. The molecule has 1 saturated heterocycles. The number of primary amides is 1. The van der Waals surface area contributed by atoms with Gasteiger partial charge in [-0.2, -0.15) is 0 Å². The Morgan fingerprint density at radius 1 is 1.20 bits per heavy atom. The van der Waals surface area contributed by atoms with Gasteiger partial charge in [0.15, 0.2) is 0 Å². The van der Waals surface area contributed by atoms with Crippen LogP contribution < -0.4 is 5.73 Å². The number of rotatable bonds is 5. The van der Waals surface area contributed by atoms with E-state index in [-0.39, 0.29) is 12.5 Å². The predicted octanol–water partition coefficient (Wildman–Crippen LogP) is 0.286. The summed E-state index contributed by atoms with van der Waals surface area (Å²) in [4.78, 5) is 15.9. The first kappa shape index (κ1) is 15.0. The van der Waals surface area contributed by atoms with E-state index in [0.29, 0.717) is 5.56 Å². The molecule has 1 heterocycles. The lowest BCUT2D eigenvalue weighted by Crippen LogP contribution is -2.32. The fourth-order valence-corrected chi connectivity index (χ4v) is 2.63. The fraction of sp³-hybridized carbons (Fsp3) is 0.533. The number of β-amino-alcohol motifs (C(OH)–C–C–N with tert-alkyl or cyclic N) is 1. The molecule has 0 saturated carbocycles. The van der Waals surface area contributed by atoms with Crippen molar-refractivity contribution in [2.75, 3.05) is 39.3 Å². The van der Waals surface area contributed by atoms with Crippen LogP contribution in [0.4, 0.5) is 0 Å². The summed E-state index contributed by atoms with van der Waals surface area (Å²) in [6.45, 7) is 5.87. The molecular formula is C15H23N3O2. The maximum Gasteiger partial charge on any atom is 0.248 e. The van der Waals surface area contributed by atoms with E-state index in [0.717, 1.165) is 51.3 Å². The molecule has 20 heavy (non-hydrogen) atoms. The van der Waals surface area contributed by atoms with Gasteiger partial charge in [0.2, 0.25) is 5.91 Å². The van der Waals surface area contributed by atoms with Crippen LogP contribution in [0.2, 0.25) is 0 Å². The highest BCUT2D eigenvalue weighted by atomic mass is 16.3. The van der Waals surface area contributed by atoms with Crippen LogP contribution >= 0.6 is 0 Å². The topological polar surface area (TPSA) is 69.8 Å². The van der Waals surface area contributed by atoms with Gasteiger partial charge in [-0.25, -0.2) is 0 Å². The Kier molecular flexibility index (Phi) is 5.52. The van der Waals surface area contributed by atoms with E-state index in [1.54, 1.807) is 6.07 Å². The third-order valence-electron chi connectivity index (χ3n) is 3.72. The Morgan fingerprint density at radius 3 is 2.70 bits per heavy atom. The number of carbonyl (C=O) groups excluding carboxylic acids is 1. The van der Waals surface area contributed by atoms with E-state index in [4.69, 9.17) is 10.8 Å². The van der Waals surface area contributed by atoms with Gasteiger partial charge in [0, 0.05) is 31.7 Å². The van der Waals surface area contributed by atoms with Crippen LogP contribution in [-0.2, 0) is 6.54 Å². The van der Waals surface area contributed by atoms with E-state index in [9.17, 15) is 4.79 Å². The lowest BCUT2D eigenvalue weighted by molar-refractivity contribution is 0.1000. The second kappa shape index (κ2) is 7.38. The molecule has 1 aromatic carbocycles. The number of benzene rings is 1. The van der Waals surface area contributed by atoms with Crippen molar-refractivity contribution in [2.24, 2.45) is 5.73 Å². The van der Waals surface area contributed by atoms with E-state index >= 15 is 0 Å². The monoisotopic (exact) mass is 277 g/mol. The molecule has 1 aliphatic rings. The minimum absolute atomic E-state index is 0.223. The Hall–Kier alpha value is -1.43. The number of hydrogen-bond donors (Lipinski definition) is 2. The molecule has 1 aromatic rings. The summed E-state index contributed by atoms with van der Waals surface area (Å²) in [6, 6.07) is 7.53. The quantitative estimate of drug-likeness (QED) is 0.811. The number of amides is 1. The summed E-state index contributed by atoms with van der Waals surface area (Å²) < 4.78 is 0. The van der Waals surface area contributed by atoms with Crippen LogP contribution in [0.5, 0.6) is 0 Å². The second-order valence-electron chi connectivity index (χ2n) is 5.26. The summed E-state index contributed by atoms with van der Waals surface area (Å²) in [5.41, 5.74) is 7.00. The van der Waals surface area contributed by atoms with Gasteiger partial charge in [-0.15, -0.1) is 0 Å². The lowest BCUT2D eigenvalue weighted by Gasteiger charge is -2.21. The fourth-order valence-electron chi connectivity index (χ4n) is 2.63. The molecule has 1 fully saturated rings. The molecule has 5 nitrogen and oxygen atoms in total. The Bertz CT molecular complexity index is 450. The van der Waals surface area contributed by atoms with Gasteiger partial charge in [0.1, 0.15) is 0 Å². The van der Waals surface area contributed by atoms with Crippen molar-refractivity contribution in [3.63, 3.8) is 0 Å². The molecule has 0 unspecified atom stereocenters. The molecule has 1 aliphatic heterocycles. The van der Waals surface area contributed by atoms with Crippen LogP contribution in [0.25, 0.3) is 0 Å². The molecule has 110 valence electrons.